The number of alkyl halides is 1. The lowest BCUT2D eigenvalue weighted by Crippen LogP contribution is -2.38. The molecule has 0 radical (unpaired) electrons. The van der Waals surface area contributed by atoms with Gasteiger partial charge in [0.25, 0.3) is 0 Å². The summed E-state index contributed by atoms with van der Waals surface area (Å²) < 4.78 is 26.5. The van der Waals surface area contributed by atoms with Gasteiger partial charge in [-0.15, -0.1) is 11.6 Å². The summed E-state index contributed by atoms with van der Waals surface area (Å²) in [5, 5.41) is -0.268. The Kier molecular flexibility index (Phi) is 6.08. The van der Waals surface area contributed by atoms with Crippen molar-refractivity contribution in [1.29, 1.82) is 0 Å². The van der Waals surface area contributed by atoms with Gasteiger partial charge in [0.05, 0.1) is 5.25 Å². The van der Waals surface area contributed by atoms with Gasteiger partial charge in [0.15, 0.2) is 0 Å². The first kappa shape index (κ1) is 14.3. The number of rotatable bonds is 6. The van der Waals surface area contributed by atoms with Crippen LogP contribution >= 0.6 is 11.6 Å². The molecule has 1 N–H and O–H groups in total. The van der Waals surface area contributed by atoms with Crippen LogP contribution in [0, 0.1) is 0 Å². The van der Waals surface area contributed by atoms with E-state index in [9.17, 15) is 8.42 Å². The molecule has 1 saturated carbocycles. The summed E-state index contributed by atoms with van der Waals surface area (Å²) >= 11 is 6.00. The maximum Gasteiger partial charge on any atom is 0.214 e. The van der Waals surface area contributed by atoms with Gasteiger partial charge >= 0.3 is 0 Å². The van der Waals surface area contributed by atoms with Crippen molar-refractivity contribution < 1.29 is 8.42 Å². The van der Waals surface area contributed by atoms with Gasteiger partial charge in [0, 0.05) is 11.9 Å². The Morgan fingerprint density at radius 3 is 2.50 bits per heavy atom. The standard InChI is InChI=1S/C11H22ClNO2S/c1-2-6-10(12)9-13-16(14,15)11-7-4-3-5-8-11/h10-11,13H,2-9H2,1H3. The Morgan fingerprint density at radius 2 is 1.94 bits per heavy atom. The number of hydrogen-bond acceptors (Lipinski definition) is 2. The zero-order valence-electron chi connectivity index (χ0n) is 9.91. The highest BCUT2D eigenvalue weighted by molar-refractivity contribution is 7.90. The van der Waals surface area contributed by atoms with Crippen molar-refractivity contribution in [3.05, 3.63) is 0 Å². The molecule has 0 aromatic heterocycles. The number of hydrogen-bond donors (Lipinski definition) is 1. The minimum atomic E-state index is -3.13. The van der Waals surface area contributed by atoms with Crippen LogP contribution in [0.15, 0.2) is 0 Å². The van der Waals surface area contributed by atoms with E-state index in [1.54, 1.807) is 0 Å². The summed E-state index contributed by atoms with van der Waals surface area (Å²) in [4.78, 5) is 0. The Labute approximate surface area is 104 Å². The van der Waals surface area contributed by atoms with Gasteiger partial charge in [-0.25, -0.2) is 13.1 Å². The number of nitrogens with one attached hydrogen (secondary N) is 1. The van der Waals surface area contributed by atoms with Crippen LogP contribution in [0.1, 0.15) is 51.9 Å². The largest absolute Gasteiger partial charge is 0.214 e. The summed E-state index contributed by atoms with van der Waals surface area (Å²) in [6.45, 7) is 2.42. The minimum absolute atomic E-state index is 0.0802. The fourth-order valence-corrected chi connectivity index (χ4v) is 4.13. The predicted octanol–water partition coefficient (Wildman–Crippen LogP) is 2.65. The van der Waals surface area contributed by atoms with Crippen LogP contribution in [0.2, 0.25) is 0 Å². The third kappa shape index (κ3) is 4.60. The molecule has 0 aromatic carbocycles. The van der Waals surface area contributed by atoms with Crippen LogP contribution in [0.3, 0.4) is 0 Å². The SMILES string of the molecule is CCCC(Cl)CNS(=O)(=O)C1CCCCC1. The lowest BCUT2D eigenvalue weighted by Gasteiger charge is -2.22. The quantitative estimate of drug-likeness (QED) is 0.752. The van der Waals surface area contributed by atoms with Crippen molar-refractivity contribution in [2.75, 3.05) is 6.54 Å². The Morgan fingerprint density at radius 1 is 1.31 bits per heavy atom. The molecule has 1 atom stereocenters. The van der Waals surface area contributed by atoms with Crippen LogP contribution in [0.25, 0.3) is 0 Å². The zero-order valence-corrected chi connectivity index (χ0v) is 11.5. The first-order chi connectivity index (χ1) is 7.56. The first-order valence-electron chi connectivity index (χ1n) is 6.19. The van der Waals surface area contributed by atoms with Crippen LogP contribution < -0.4 is 4.72 Å². The van der Waals surface area contributed by atoms with Gasteiger partial charge in [-0.2, -0.15) is 0 Å². The normalized spacial score (nSPS) is 20.9. The van der Waals surface area contributed by atoms with Crippen LogP contribution in [-0.4, -0.2) is 25.6 Å². The highest BCUT2D eigenvalue weighted by Gasteiger charge is 2.27. The van der Waals surface area contributed by atoms with Crippen molar-refractivity contribution >= 4 is 21.6 Å². The average molecular weight is 268 g/mol. The van der Waals surface area contributed by atoms with Crippen molar-refractivity contribution in [3.8, 4) is 0 Å². The van der Waals surface area contributed by atoms with Crippen molar-refractivity contribution in [1.82, 2.24) is 4.72 Å². The van der Waals surface area contributed by atoms with Crippen molar-refractivity contribution in [2.45, 2.75) is 62.5 Å². The van der Waals surface area contributed by atoms with Crippen molar-refractivity contribution in [2.24, 2.45) is 0 Å². The van der Waals surface area contributed by atoms with E-state index in [1.165, 1.54) is 6.42 Å². The van der Waals surface area contributed by atoms with E-state index >= 15 is 0 Å². The van der Waals surface area contributed by atoms with E-state index in [-0.39, 0.29) is 10.6 Å². The molecular formula is C11H22ClNO2S. The topological polar surface area (TPSA) is 46.2 Å². The number of halogens is 1. The summed E-state index contributed by atoms with van der Waals surface area (Å²) in [6.07, 6.45) is 6.68. The van der Waals surface area contributed by atoms with Gasteiger partial charge < -0.3 is 0 Å². The van der Waals surface area contributed by atoms with Gasteiger partial charge in [0.2, 0.25) is 10.0 Å². The Bertz CT molecular complexity index is 286. The summed E-state index contributed by atoms with van der Waals surface area (Å²) in [5.74, 6) is 0. The molecule has 0 spiro atoms. The van der Waals surface area contributed by atoms with E-state index in [0.29, 0.717) is 6.54 Å². The summed E-state index contributed by atoms with van der Waals surface area (Å²) in [5.41, 5.74) is 0. The monoisotopic (exact) mass is 267 g/mol. The summed E-state index contributed by atoms with van der Waals surface area (Å²) in [6, 6.07) is 0. The molecule has 1 rings (SSSR count). The molecule has 0 amide bonds. The second-order valence-corrected chi connectivity index (χ2v) is 7.20. The molecule has 0 aliphatic heterocycles. The Hall–Kier alpha value is 0.200. The zero-order chi connectivity index (χ0) is 12.0. The molecule has 1 aliphatic rings. The fourth-order valence-electron chi connectivity index (χ4n) is 2.12. The van der Waals surface area contributed by atoms with Crippen LogP contribution in [0.5, 0.6) is 0 Å². The van der Waals surface area contributed by atoms with Crippen molar-refractivity contribution in [3.63, 3.8) is 0 Å². The molecule has 1 unspecified atom stereocenters. The molecule has 0 bridgehead atoms. The molecule has 5 heteroatoms. The molecule has 1 fully saturated rings. The van der Waals surface area contributed by atoms with Crippen LogP contribution in [0.4, 0.5) is 0 Å². The number of sulfonamides is 1. The molecule has 0 heterocycles. The molecular weight excluding hydrogens is 246 g/mol. The second kappa shape index (κ2) is 6.82. The van der Waals surface area contributed by atoms with E-state index < -0.39 is 10.0 Å². The fraction of sp³-hybridized carbons (Fsp3) is 1.00. The lowest BCUT2D eigenvalue weighted by molar-refractivity contribution is 0.477. The summed E-state index contributed by atoms with van der Waals surface area (Å²) in [7, 11) is -3.13. The molecule has 0 saturated heterocycles. The van der Waals surface area contributed by atoms with Gasteiger partial charge in [0.1, 0.15) is 0 Å². The molecule has 96 valence electrons. The van der Waals surface area contributed by atoms with Crippen LogP contribution in [-0.2, 0) is 10.0 Å². The Balaban J connectivity index is 2.38. The molecule has 0 aromatic rings. The lowest BCUT2D eigenvalue weighted by atomic mass is 10.0. The van der Waals surface area contributed by atoms with E-state index in [1.807, 2.05) is 6.92 Å². The third-order valence-electron chi connectivity index (χ3n) is 3.10. The molecule has 3 nitrogen and oxygen atoms in total. The van der Waals surface area contributed by atoms with E-state index in [4.69, 9.17) is 11.6 Å². The van der Waals surface area contributed by atoms with E-state index in [2.05, 4.69) is 4.72 Å². The van der Waals surface area contributed by atoms with E-state index in [0.717, 1.165) is 38.5 Å². The third-order valence-corrected chi connectivity index (χ3v) is 5.39. The van der Waals surface area contributed by atoms with Gasteiger partial charge in [-0.05, 0) is 19.3 Å². The highest BCUT2D eigenvalue weighted by atomic mass is 35.5. The highest BCUT2D eigenvalue weighted by Crippen LogP contribution is 2.23. The maximum absolute atomic E-state index is 11.9. The predicted molar refractivity (Wildman–Crippen MR) is 68.3 cm³/mol. The second-order valence-electron chi connectivity index (χ2n) is 4.54. The molecule has 16 heavy (non-hydrogen) atoms. The smallest absolute Gasteiger partial charge is 0.214 e. The minimum Gasteiger partial charge on any atom is -0.214 e. The first-order valence-corrected chi connectivity index (χ1v) is 8.17. The molecule has 1 aliphatic carbocycles. The van der Waals surface area contributed by atoms with Gasteiger partial charge in [-0.1, -0.05) is 32.6 Å². The van der Waals surface area contributed by atoms with Gasteiger partial charge in [-0.3, -0.25) is 0 Å². The maximum atomic E-state index is 11.9. The average Bonchev–Trinajstić information content (AvgIpc) is 2.28.